The molecule has 2 aliphatic carbocycles. The van der Waals surface area contributed by atoms with Gasteiger partial charge in [-0.15, -0.1) is 10.2 Å². The van der Waals surface area contributed by atoms with Crippen molar-refractivity contribution in [2.75, 3.05) is 0 Å². The zero-order valence-electron chi connectivity index (χ0n) is 9.38. The highest BCUT2D eigenvalue weighted by Gasteiger charge is 2.53. The van der Waals surface area contributed by atoms with Crippen LogP contribution in [0.25, 0.3) is 5.65 Å². The Morgan fingerprint density at radius 3 is 2.71 bits per heavy atom. The number of aromatic nitrogens is 4. The lowest BCUT2D eigenvalue weighted by Crippen LogP contribution is -1.95. The number of fused-ring (bicyclic) bond motifs is 2. The smallest absolute Gasteiger partial charge is 0.198 e. The predicted octanol–water partition coefficient (Wildman–Crippen LogP) is 2.68. The van der Waals surface area contributed by atoms with E-state index in [1.54, 1.807) is 6.20 Å². The van der Waals surface area contributed by atoms with Crippen LogP contribution in [-0.4, -0.2) is 19.6 Å². The minimum atomic E-state index is 0.440. The van der Waals surface area contributed by atoms with Gasteiger partial charge in [0.05, 0.1) is 0 Å². The maximum atomic E-state index is 6.01. The van der Waals surface area contributed by atoms with Gasteiger partial charge in [-0.05, 0) is 24.7 Å². The van der Waals surface area contributed by atoms with Crippen molar-refractivity contribution in [3.05, 3.63) is 23.4 Å². The normalized spacial score (nSPS) is 31.5. The Kier molecular flexibility index (Phi) is 1.98. The fraction of sp³-hybridized carbons (Fsp3) is 0.583. The van der Waals surface area contributed by atoms with Crippen LogP contribution in [0, 0.1) is 11.8 Å². The number of hydrogen-bond donors (Lipinski definition) is 0. The zero-order valence-corrected chi connectivity index (χ0v) is 10.1. The van der Waals surface area contributed by atoms with Crippen LogP contribution in [0.2, 0.25) is 5.15 Å². The Bertz CT molecular complexity index is 567. The van der Waals surface area contributed by atoms with Crippen LogP contribution < -0.4 is 0 Å². The molecule has 17 heavy (non-hydrogen) atoms. The van der Waals surface area contributed by atoms with E-state index < -0.39 is 0 Å². The molecule has 2 fully saturated rings. The van der Waals surface area contributed by atoms with Gasteiger partial charge in [0.1, 0.15) is 5.82 Å². The summed E-state index contributed by atoms with van der Waals surface area (Å²) < 4.78 is 2.01. The topological polar surface area (TPSA) is 43.1 Å². The summed E-state index contributed by atoms with van der Waals surface area (Å²) in [6.07, 6.45) is 9.08. The molecule has 2 aromatic heterocycles. The van der Waals surface area contributed by atoms with Crippen molar-refractivity contribution in [1.29, 1.82) is 0 Å². The van der Waals surface area contributed by atoms with Gasteiger partial charge in [0, 0.05) is 18.3 Å². The van der Waals surface area contributed by atoms with Crippen molar-refractivity contribution in [3.63, 3.8) is 0 Å². The average Bonchev–Trinajstić information content (AvgIpc) is 2.92. The summed E-state index contributed by atoms with van der Waals surface area (Å²) in [6, 6.07) is 0. The summed E-state index contributed by atoms with van der Waals surface area (Å²) in [7, 11) is 0. The van der Waals surface area contributed by atoms with Crippen molar-refractivity contribution < 1.29 is 0 Å². The lowest BCUT2D eigenvalue weighted by molar-refractivity contribution is 0.480. The molecular formula is C12H13ClN4. The molecule has 0 N–H and O–H groups in total. The molecule has 2 aromatic rings. The Morgan fingerprint density at radius 2 is 1.94 bits per heavy atom. The second-order valence-corrected chi connectivity index (χ2v) is 5.47. The monoisotopic (exact) mass is 248 g/mol. The Hall–Kier alpha value is -1.16. The molecular weight excluding hydrogens is 236 g/mol. The minimum absolute atomic E-state index is 0.440. The van der Waals surface area contributed by atoms with Crippen molar-refractivity contribution in [2.45, 2.75) is 31.6 Å². The largest absolute Gasteiger partial charge is 0.282 e. The highest BCUT2D eigenvalue weighted by atomic mass is 35.5. The van der Waals surface area contributed by atoms with Crippen LogP contribution in [0.5, 0.6) is 0 Å². The molecule has 2 saturated carbocycles. The molecule has 2 heterocycles. The standard InChI is InChI=1S/C12H13ClN4/c13-10-12-16-15-11(17(12)6-5-14-10)9-7-3-1-2-4-8(7)9/h5-9H,1-4H2/t7-,8+,9?. The van der Waals surface area contributed by atoms with Crippen LogP contribution in [0.3, 0.4) is 0 Å². The lowest BCUT2D eigenvalue weighted by Gasteiger charge is -2.04. The summed E-state index contributed by atoms with van der Waals surface area (Å²) >= 11 is 6.01. The highest BCUT2D eigenvalue weighted by molar-refractivity contribution is 6.32. The van der Waals surface area contributed by atoms with Crippen LogP contribution in [0.4, 0.5) is 0 Å². The van der Waals surface area contributed by atoms with E-state index in [0.717, 1.165) is 17.7 Å². The molecule has 1 unspecified atom stereocenters. The molecule has 0 radical (unpaired) electrons. The molecule has 0 bridgehead atoms. The molecule has 88 valence electrons. The molecule has 0 amide bonds. The van der Waals surface area contributed by atoms with E-state index in [1.807, 2.05) is 10.6 Å². The van der Waals surface area contributed by atoms with E-state index in [4.69, 9.17) is 11.6 Å². The third kappa shape index (κ3) is 1.33. The van der Waals surface area contributed by atoms with Crippen molar-refractivity contribution in [2.24, 2.45) is 11.8 Å². The molecule has 4 rings (SSSR count). The van der Waals surface area contributed by atoms with Gasteiger partial charge in [0.15, 0.2) is 10.8 Å². The lowest BCUT2D eigenvalue weighted by atomic mass is 10.0. The molecule has 3 atom stereocenters. The summed E-state index contributed by atoms with van der Waals surface area (Å²) in [5.41, 5.74) is 0.688. The van der Waals surface area contributed by atoms with Gasteiger partial charge in [-0.3, -0.25) is 4.40 Å². The van der Waals surface area contributed by atoms with Gasteiger partial charge >= 0.3 is 0 Å². The molecule has 0 saturated heterocycles. The maximum absolute atomic E-state index is 6.01. The molecule has 0 aromatic carbocycles. The zero-order chi connectivity index (χ0) is 11.4. The highest BCUT2D eigenvalue weighted by Crippen LogP contribution is 2.60. The number of halogens is 1. The van der Waals surface area contributed by atoms with Gasteiger partial charge in [-0.2, -0.15) is 0 Å². The Labute approximate surface area is 104 Å². The van der Waals surface area contributed by atoms with E-state index in [-0.39, 0.29) is 0 Å². The van der Waals surface area contributed by atoms with Gasteiger partial charge in [-0.1, -0.05) is 24.4 Å². The first-order chi connectivity index (χ1) is 8.36. The van der Waals surface area contributed by atoms with Crippen molar-refractivity contribution in [1.82, 2.24) is 19.6 Å². The first-order valence-corrected chi connectivity index (χ1v) is 6.59. The minimum Gasteiger partial charge on any atom is -0.282 e. The van der Waals surface area contributed by atoms with Crippen LogP contribution in [0.15, 0.2) is 12.4 Å². The number of hydrogen-bond acceptors (Lipinski definition) is 3. The number of nitrogens with zero attached hydrogens (tertiary/aromatic N) is 4. The van der Waals surface area contributed by atoms with E-state index in [9.17, 15) is 0 Å². The summed E-state index contributed by atoms with van der Waals surface area (Å²) in [5, 5.41) is 8.93. The van der Waals surface area contributed by atoms with Crippen molar-refractivity contribution in [3.8, 4) is 0 Å². The van der Waals surface area contributed by atoms with Gasteiger partial charge < -0.3 is 0 Å². The Balaban J connectivity index is 1.80. The van der Waals surface area contributed by atoms with Gasteiger partial charge in [0.25, 0.3) is 0 Å². The van der Waals surface area contributed by atoms with Crippen LogP contribution in [0.1, 0.15) is 37.4 Å². The number of rotatable bonds is 1. The predicted molar refractivity (Wildman–Crippen MR) is 64.0 cm³/mol. The van der Waals surface area contributed by atoms with Gasteiger partial charge in [-0.25, -0.2) is 4.98 Å². The maximum Gasteiger partial charge on any atom is 0.198 e. The van der Waals surface area contributed by atoms with E-state index in [1.165, 1.54) is 25.7 Å². The van der Waals surface area contributed by atoms with E-state index in [2.05, 4.69) is 15.2 Å². The molecule has 0 spiro atoms. The average molecular weight is 249 g/mol. The molecule has 5 heteroatoms. The third-order valence-electron chi connectivity index (χ3n) is 4.26. The van der Waals surface area contributed by atoms with Gasteiger partial charge in [0.2, 0.25) is 0 Å². The van der Waals surface area contributed by atoms with Crippen LogP contribution in [-0.2, 0) is 0 Å². The molecule has 2 aliphatic rings. The Morgan fingerprint density at radius 1 is 1.18 bits per heavy atom. The summed E-state index contributed by atoms with van der Waals surface area (Å²) in [6.45, 7) is 0. The quantitative estimate of drug-likeness (QED) is 0.779. The third-order valence-corrected chi connectivity index (χ3v) is 4.53. The fourth-order valence-electron chi connectivity index (χ4n) is 3.42. The van der Waals surface area contributed by atoms with E-state index in [0.29, 0.717) is 16.7 Å². The SMILES string of the molecule is Clc1nccn2c(C3[C@H]4CCCC[C@@H]34)nnc12. The van der Waals surface area contributed by atoms with E-state index >= 15 is 0 Å². The second-order valence-electron chi connectivity index (χ2n) is 5.11. The summed E-state index contributed by atoms with van der Waals surface area (Å²) in [5.74, 6) is 3.36. The first-order valence-electron chi connectivity index (χ1n) is 6.21. The molecule has 0 aliphatic heterocycles. The van der Waals surface area contributed by atoms with Crippen LogP contribution >= 0.6 is 11.6 Å². The fourth-order valence-corrected chi connectivity index (χ4v) is 3.60. The molecule has 4 nitrogen and oxygen atoms in total. The summed E-state index contributed by atoms with van der Waals surface area (Å²) in [4.78, 5) is 4.03. The first kappa shape index (κ1) is 9.83. The second kappa shape index (κ2) is 3.42. The van der Waals surface area contributed by atoms with Crippen molar-refractivity contribution >= 4 is 17.2 Å².